The molecule has 1 aromatic heterocycles. The molecule has 0 aliphatic heterocycles. The normalized spacial score (nSPS) is 10.1. The van der Waals surface area contributed by atoms with Crippen molar-refractivity contribution in [2.24, 2.45) is 0 Å². The third-order valence-corrected chi connectivity index (χ3v) is 2.01. The van der Waals surface area contributed by atoms with Crippen LogP contribution < -0.4 is 5.32 Å². The van der Waals surface area contributed by atoms with E-state index in [0.717, 1.165) is 31.6 Å². The lowest BCUT2D eigenvalue weighted by molar-refractivity contribution is 0.674. The zero-order valence-electron chi connectivity index (χ0n) is 8.79. The second-order valence-electron chi connectivity index (χ2n) is 3.53. The van der Waals surface area contributed by atoms with Gasteiger partial charge < -0.3 is 5.32 Å². The van der Waals surface area contributed by atoms with Crippen molar-refractivity contribution < 1.29 is 0 Å². The van der Waals surface area contributed by atoms with Crippen molar-refractivity contribution in [1.29, 1.82) is 0 Å². The monoisotopic (exact) mass is 190 g/mol. The minimum absolute atomic E-state index is 0.990. The lowest BCUT2D eigenvalue weighted by atomic mass is 10.2. The summed E-state index contributed by atoms with van der Waals surface area (Å²) in [5.41, 5.74) is 2.38. The van der Waals surface area contributed by atoms with E-state index in [1.807, 2.05) is 18.3 Å². The van der Waals surface area contributed by atoms with Crippen LogP contribution in [0, 0.1) is 0 Å². The van der Waals surface area contributed by atoms with Gasteiger partial charge >= 0.3 is 0 Å². The van der Waals surface area contributed by atoms with Gasteiger partial charge in [0.05, 0.1) is 0 Å². The Labute approximate surface area is 86.1 Å². The molecule has 14 heavy (non-hydrogen) atoms. The van der Waals surface area contributed by atoms with Gasteiger partial charge in [0.15, 0.2) is 0 Å². The predicted octanol–water partition coefficient (Wildman–Crippen LogP) is 2.18. The molecule has 0 saturated carbocycles. The molecular weight excluding hydrogens is 172 g/mol. The van der Waals surface area contributed by atoms with E-state index in [0.29, 0.717) is 0 Å². The van der Waals surface area contributed by atoms with E-state index in [-0.39, 0.29) is 0 Å². The summed E-state index contributed by atoms with van der Waals surface area (Å²) in [7, 11) is 0. The van der Waals surface area contributed by atoms with Crippen LogP contribution in [-0.2, 0) is 6.42 Å². The maximum Gasteiger partial charge on any atom is 0.0416 e. The molecular formula is C12H18N2. The summed E-state index contributed by atoms with van der Waals surface area (Å²) in [4.78, 5) is 4.25. The van der Waals surface area contributed by atoms with E-state index in [1.54, 1.807) is 0 Å². The van der Waals surface area contributed by atoms with Gasteiger partial charge in [0.1, 0.15) is 0 Å². The maximum absolute atomic E-state index is 4.25. The number of nitrogens with zero attached hydrogens (tertiary/aromatic N) is 1. The Morgan fingerprint density at radius 2 is 2.29 bits per heavy atom. The van der Waals surface area contributed by atoms with Crippen molar-refractivity contribution in [3.05, 3.63) is 42.2 Å². The summed E-state index contributed by atoms with van der Waals surface area (Å²) in [5, 5.41) is 3.36. The molecule has 76 valence electrons. The van der Waals surface area contributed by atoms with Gasteiger partial charge in [-0.1, -0.05) is 11.6 Å². The van der Waals surface area contributed by atoms with E-state index in [9.17, 15) is 0 Å². The maximum atomic E-state index is 4.25. The van der Waals surface area contributed by atoms with Gasteiger partial charge in [0.25, 0.3) is 0 Å². The van der Waals surface area contributed by atoms with Gasteiger partial charge in [-0.15, -0.1) is 6.58 Å². The molecule has 0 amide bonds. The molecule has 0 aliphatic rings. The quantitative estimate of drug-likeness (QED) is 0.549. The highest BCUT2D eigenvalue weighted by Gasteiger charge is 1.92. The molecule has 2 nitrogen and oxygen atoms in total. The average molecular weight is 190 g/mol. The third-order valence-electron chi connectivity index (χ3n) is 2.01. The molecule has 0 bridgehead atoms. The third kappa shape index (κ3) is 4.77. The first-order chi connectivity index (χ1) is 6.79. The molecule has 0 spiro atoms. The molecule has 1 N–H and O–H groups in total. The lowest BCUT2D eigenvalue weighted by Crippen LogP contribution is -2.18. The van der Waals surface area contributed by atoms with Crippen molar-refractivity contribution in [2.75, 3.05) is 13.1 Å². The first kappa shape index (κ1) is 10.9. The zero-order chi connectivity index (χ0) is 10.2. The SMILES string of the molecule is C=C(C)CCNCCc1ccccn1. The first-order valence-electron chi connectivity index (χ1n) is 5.04. The minimum Gasteiger partial charge on any atom is -0.316 e. The van der Waals surface area contributed by atoms with Crippen molar-refractivity contribution >= 4 is 0 Å². The smallest absolute Gasteiger partial charge is 0.0416 e. The Balaban J connectivity index is 2.08. The molecule has 0 radical (unpaired) electrons. The summed E-state index contributed by atoms with van der Waals surface area (Å²) in [6.07, 6.45) is 3.89. The summed E-state index contributed by atoms with van der Waals surface area (Å²) in [5.74, 6) is 0. The average Bonchev–Trinajstić information content (AvgIpc) is 2.18. The topological polar surface area (TPSA) is 24.9 Å². The summed E-state index contributed by atoms with van der Waals surface area (Å²) in [6, 6.07) is 6.02. The Morgan fingerprint density at radius 1 is 1.43 bits per heavy atom. The van der Waals surface area contributed by atoms with Crippen molar-refractivity contribution in [3.8, 4) is 0 Å². The number of hydrogen-bond donors (Lipinski definition) is 1. The van der Waals surface area contributed by atoms with E-state index < -0.39 is 0 Å². The fourth-order valence-electron chi connectivity index (χ4n) is 1.19. The molecule has 2 heteroatoms. The number of hydrogen-bond acceptors (Lipinski definition) is 2. The van der Waals surface area contributed by atoms with Crippen molar-refractivity contribution in [2.45, 2.75) is 19.8 Å². The highest BCUT2D eigenvalue weighted by atomic mass is 14.8. The van der Waals surface area contributed by atoms with E-state index in [1.165, 1.54) is 5.57 Å². The fourth-order valence-corrected chi connectivity index (χ4v) is 1.19. The first-order valence-corrected chi connectivity index (χ1v) is 5.04. The van der Waals surface area contributed by atoms with E-state index in [4.69, 9.17) is 0 Å². The van der Waals surface area contributed by atoms with Crippen LogP contribution in [0.15, 0.2) is 36.5 Å². The molecule has 0 atom stereocenters. The Hall–Kier alpha value is -1.15. The van der Waals surface area contributed by atoms with Crippen LogP contribution >= 0.6 is 0 Å². The van der Waals surface area contributed by atoms with Crippen LogP contribution in [0.4, 0.5) is 0 Å². The van der Waals surface area contributed by atoms with Gasteiger partial charge in [-0.3, -0.25) is 4.98 Å². The summed E-state index contributed by atoms with van der Waals surface area (Å²) in [6.45, 7) is 7.92. The van der Waals surface area contributed by atoms with Crippen LogP contribution in [-0.4, -0.2) is 18.1 Å². The largest absolute Gasteiger partial charge is 0.316 e. The minimum atomic E-state index is 0.990. The van der Waals surface area contributed by atoms with Crippen LogP contribution in [0.3, 0.4) is 0 Å². The molecule has 0 unspecified atom stereocenters. The van der Waals surface area contributed by atoms with E-state index >= 15 is 0 Å². The Bertz CT molecular complexity index is 267. The molecule has 1 heterocycles. The summed E-state index contributed by atoms with van der Waals surface area (Å²) < 4.78 is 0. The van der Waals surface area contributed by atoms with Crippen LogP contribution in [0.2, 0.25) is 0 Å². The van der Waals surface area contributed by atoms with Gasteiger partial charge in [0.2, 0.25) is 0 Å². The van der Waals surface area contributed by atoms with Gasteiger partial charge in [-0.2, -0.15) is 0 Å². The molecule has 0 saturated heterocycles. The molecule has 0 aliphatic carbocycles. The van der Waals surface area contributed by atoms with Crippen molar-refractivity contribution in [1.82, 2.24) is 10.3 Å². The molecule has 0 aromatic carbocycles. The van der Waals surface area contributed by atoms with Crippen LogP contribution in [0.25, 0.3) is 0 Å². The lowest BCUT2D eigenvalue weighted by Gasteiger charge is -2.03. The fraction of sp³-hybridized carbons (Fsp3) is 0.417. The number of pyridine rings is 1. The standard InChI is InChI=1S/C12H18N2/c1-11(2)6-9-13-10-7-12-5-3-4-8-14-12/h3-5,8,13H,1,6-7,9-10H2,2H3. The number of nitrogens with one attached hydrogen (secondary N) is 1. The van der Waals surface area contributed by atoms with Crippen LogP contribution in [0.1, 0.15) is 19.0 Å². The van der Waals surface area contributed by atoms with Gasteiger partial charge in [-0.25, -0.2) is 0 Å². The zero-order valence-corrected chi connectivity index (χ0v) is 8.79. The molecule has 1 rings (SSSR count). The second kappa shape index (κ2) is 6.33. The predicted molar refractivity (Wildman–Crippen MR) is 60.2 cm³/mol. The number of rotatable bonds is 6. The van der Waals surface area contributed by atoms with Crippen molar-refractivity contribution in [3.63, 3.8) is 0 Å². The molecule has 0 fully saturated rings. The molecule has 1 aromatic rings. The number of aromatic nitrogens is 1. The highest BCUT2D eigenvalue weighted by Crippen LogP contribution is 1.94. The highest BCUT2D eigenvalue weighted by molar-refractivity contribution is 5.03. The second-order valence-corrected chi connectivity index (χ2v) is 3.53. The summed E-state index contributed by atoms with van der Waals surface area (Å²) >= 11 is 0. The van der Waals surface area contributed by atoms with Crippen LogP contribution in [0.5, 0.6) is 0 Å². The van der Waals surface area contributed by atoms with Gasteiger partial charge in [-0.05, 0) is 32.0 Å². The van der Waals surface area contributed by atoms with Gasteiger partial charge in [0, 0.05) is 24.9 Å². The van der Waals surface area contributed by atoms with E-state index in [2.05, 4.69) is 29.9 Å². The Morgan fingerprint density at radius 3 is 2.93 bits per heavy atom. The Kier molecular flexibility index (Phi) is 4.94.